The zero-order valence-electron chi connectivity index (χ0n) is 13.6. The van der Waals surface area contributed by atoms with Crippen LogP contribution in [-0.2, 0) is 4.79 Å². The minimum absolute atomic E-state index is 0.0859. The van der Waals surface area contributed by atoms with Crippen LogP contribution in [0.25, 0.3) is 0 Å². The van der Waals surface area contributed by atoms with Gasteiger partial charge in [-0.05, 0) is 44.4 Å². The molecule has 6 heteroatoms. The first-order chi connectivity index (χ1) is 11.0. The molecule has 2 N–H and O–H groups in total. The number of hydrogen-bond donors (Lipinski definition) is 2. The van der Waals surface area contributed by atoms with Crippen molar-refractivity contribution in [2.75, 3.05) is 13.1 Å². The minimum Gasteiger partial charge on any atom is -0.335 e. The minimum atomic E-state index is -0.387. The van der Waals surface area contributed by atoms with Gasteiger partial charge in [0.15, 0.2) is 0 Å². The highest BCUT2D eigenvalue weighted by Crippen LogP contribution is 2.27. The van der Waals surface area contributed by atoms with Crippen LogP contribution in [0.15, 0.2) is 28.7 Å². The van der Waals surface area contributed by atoms with Gasteiger partial charge in [-0.15, -0.1) is 0 Å². The Morgan fingerprint density at radius 1 is 1.35 bits per heavy atom. The highest BCUT2D eigenvalue weighted by atomic mass is 79.9. The lowest BCUT2D eigenvalue weighted by Gasteiger charge is -2.29. The average Bonchev–Trinajstić information content (AvgIpc) is 3.30. The number of carbonyl (C=O) groups excluding carboxylic acids is 2. The predicted octanol–water partition coefficient (Wildman–Crippen LogP) is 3.21. The molecule has 2 rings (SSSR count). The van der Waals surface area contributed by atoms with E-state index in [4.69, 9.17) is 0 Å². The van der Waals surface area contributed by atoms with Crippen molar-refractivity contribution in [3.05, 3.63) is 34.3 Å². The first-order valence-corrected chi connectivity index (χ1v) is 8.89. The number of nitrogens with one attached hydrogen (secondary N) is 2. The number of halogens is 1. The highest BCUT2D eigenvalue weighted by molar-refractivity contribution is 9.10. The first kappa shape index (κ1) is 17.9. The molecule has 0 heterocycles. The van der Waals surface area contributed by atoms with E-state index in [1.165, 1.54) is 0 Å². The highest BCUT2D eigenvalue weighted by Gasteiger charge is 2.25. The van der Waals surface area contributed by atoms with E-state index in [9.17, 15) is 9.59 Å². The van der Waals surface area contributed by atoms with E-state index in [1.807, 2.05) is 18.2 Å². The van der Waals surface area contributed by atoms with Gasteiger partial charge in [-0.2, -0.15) is 0 Å². The van der Waals surface area contributed by atoms with Gasteiger partial charge in [-0.1, -0.05) is 41.1 Å². The van der Waals surface area contributed by atoms with Crippen molar-refractivity contribution in [2.45, 2.75) is 45.2 Å². The Morgan fingerprint density at radius 3 is 2.65 bits per heavy atom. The molecular formula is C17H24BrN3O2. The maximum absolute atomic E-state index is 12.1. The molecule has 3 amide bonds. The summed E-state index contributed by atoms with van der Waals surface area (Å²) in [7, 11) is 0. The first-order valence-electron chi connectivity index (χ1n) is 8.10. The van der Waals surface area contributed by atoms with Crippen LogP contribution in [0.1, 0.15) is 44.7 Å². The van der Waals surface area contributed by atoms with Gasteiger partial charge in [-0.3, -0.25) is 15.0 Å². The van der Waals surface area contributed by atoms with Crippen molar-refractivity contribution < 1.29 is 9.59 Å². The SMILES string of the molecule is CCCN(CC(=O)NC(=O)NC1CC1)C(C)c1ccccc1Br. The molecular weight excluding hydrogens is 358 g/mol. The number of nitrogens with zero attached hydrogens (tertiary/aromatic N) is 1. The molecule has 1 fully saturated rings. The quantitative estimate of drug-likeness (QED) is 0.761. The van der Waals surface area contributed by atoms with E-state index in [0.29, 0.717) is 0 Å². The fourth-order valence-corrected chi connectivity index (χ4v) is 3.12. The summed E-state index contributed by atoms with van der Waals surface area (Å²) in [6.07, 6.45) is 2.95. The lowest BCUT2D eigenvalue weighted by molar-refractivity contribution is -0.121. The maximum Gasteiger partial charge on any atom is 0.321 e. The van der Waals surface area contributed by atoms with Gasteiger partial charge in [0.05, 0.1) is 6.54 Å². The van der Waals surface area contributed by atoms with Crippen LogP contribution in [-0.4, -0.2) is 36.0 Å². The molecule has 1 aromatic rings. The van der Waals surface area contributed by atoms with Crippen molar-refractivity contribution >= 4 is 27.9 Å². The third kappa shape index (κ3) is 5.62. The summed E-state index contributed by atoms with van der Waals surface area (Å²) in [5, 5.41) is 5.18. The van der Waals surface area contributed by atoms with Crippen molar-refractivity contribution in [1.29, 1.82) is 0 Å². The number of hydrogen-bond acceptors (Lipinski definition) is 3. The fraction of sp³-hybridized carbons (Fsp3) is 0.529. The Bertz CT molecular complexity index is 561. The summed E-state index contributed by atoms with van der Waals surface area (Å²) in [5.74, 6) is -0.268. The monoisotopic (exact) mass is 381 g/mol. The molecule has 126 valence electrons. The van der Waals surface area contributed by atoms with Crippen LogP contribution >= 0.6 is 15.9 Å². The molecule has 0 spiro atoms. The molecule has 5 nitrogen and oxygen atoms in total. The van der Waals surface area contributed by atoms with E-state index in [2.05, 4.69) is 51.4 Å². The Labute approximate surface area is 145 Å². The Morgan fingerprint density at radius 2 is 2.04 bits per heavy atom. The van der Waals surface area contributed by atoms with Gasteiger partial charge >= 0.3 is 6.03 Å². The van der Waals surface area contributed by atoms with E-state index >= 15 is 0 Å². The fourth-order valence-electron chi connectivity index (χ4n) is 2.51. The second-order valence-corrected chi connectivity index (χ2v) is 6.82. The number of benzene rings is 1. The largest absolute Gasteiger partial charge is 0.335 e. The third-order valence-corrected chi connectivity index (χ3v) is 4.65. The molecule has 0 bridgehead atoms. The van der Waals surface area contributed by atoms with Gasteiger partial charge in [-0.25, -0.2) is 4.79 Å². The third-order valence-electron chi connectivity index (χ3n) is 3.93. The van der Waals surface area contributed by atoms with Crippen molar-refractivity contribution in [3.63, 3.8) is 0 Å². The molecule has 1 atom stereocenters. The normalized spacial score (nSPS) is 15.3. The van der Waals surface area contributed by atoms with Gasteiger partial charge in [0.25, 0.3) is 0 Å². The van der Waals surface area contributed by atoms with Crippen LogP contribution in [0.4, 0.5) is 4.79 Å². The molecule has 0 radical (unpaired) electrons. The summed E-state index contributed by atoms with van der Waals surface area (Å²) in [4.78, 5) is 25.9. The lowest BCUT2D eigenvalue weighted by atomic mass is 10.1. The van der Waals surface area contributed by atoms with E-state index in [1.54, 1.807) is 0 Å². The number of urea groups is 1. The van der Waals surface area contributed by atoms with Crippen LogP contribution in [0.5, 0.6) is 0 Å². The summed E-state index contributed by atoms with van der Waals surface area (Å²) >= 11 is 3.57. The van der Waals surface area contributed by atoms with Crippen LogP contribution < -0.4 is 10.6 Å². The van der Waals surface area contributed by atoms with Gasteiger partial charge in [0.1, 0.15) is 0 Å². The van der Waals surface area contributed by atoms with Gasteiger partial charge in [0.2, 0.25) is 5.91 Å². The van der Waals surface area contributed by atoms with Crippen LogP contribution in [0, 0.1) is 0 Å². The van der Waals surface area contributed by atoms with Gasteiger partial charge in [0, 0.05) is 16.6 Å². The van der Waals surface area contributed by atoms with Crippen LogP contribution in [0.3, 0.4) is 0 Å². The standard InChI is InChI=1S/C17H24BrN3O2/c1-3-10-21(12(2)14-6-4-5-7-15(14)18)11-16(22)20-17(23)19-13-8-9-13/h4-7,12-13H,3,8-11H2,1-2H3,(H2,19,20,22,23). The summed E-state index contributed by atoms with van der Waals surface area (Å²) in [5.41, 5.74) is 1.14. The molecule has 1 aromatic carbocycles. The molecule has 1 saturated carbocycles. The smallest absolute Gasteiger partial charge is 0.321 e. The second kappa shape index (κ2) is 8.45. The summed E-state index contributed by atoms with van der Waals surface area (Å²) in [6.45, 7) is 5.15. The number of imide groups is 1. The van der Waals surface area contributed by atoms with Gasteiger partial charge < -0.3 is 5.32 Å². The number of rotatable bonds is 7. The summed E-state index contributed by atoms with van der Waals surface area (Å²) in [6, 6.07) is 7.95. The van der Waals surface area contributed by atoms with Crippen LogP contribution in [0.2, 0.25) is 0 Å². The zero-order chi connectivity index (χ0) is 16.8. The van der Waals surface area contributed by atoms with E-state index < -0.39 is 0 Å². The zero-order valence-corrected chi connectivity index (χ0v) is 15.2. The summed E-state index contributed by atoms with van der Waals surface area (Å²) < 4.78 is 1.03. The topological polar surface area (TPSA) is 61.4 Å². The maximum atomic E-state index is 12.1. The molecule has 0 aliphatic heterocycles. The molecule has 1 unspecified atom stereocenters. The molecule has 23 heavy (non-hydrogen) atoms. The Balaban J connectivity index is 1.95. The van der Waals surface area contributed by atoms with E-state index in [0.717, 1.165) is 35.8 Å². The molecule has 0 saturated heterocycles. The molecule has 1 aliphatic carbocycles. The van der Waals surface area contributed by atoms with Crippen molar-refractivity contribution in [3.8, 4) is 0 Å². The Hall–Kier alpha value is -1.40. The van der Waals surface area contributed by atoms with Crippen molar-refractivity contribution in [1.82, 2.24) is 15.5 Å². The lowest BCUT2D eigenvalue weighted by Crippen LogP contribution is -2.45. The number of amides is 3. The molecule has 0 aromatic heterocycles. The van der Waals surface area contributed by atoms with Crippen molar-refractivity contribution in [2.24, 2.45) is 0 Å². The average molecular weight is 382 g/mol. The molecule has 1 aliphatic rings. The number of carbonyl (C=O) groups is 2. The Kier molecular flexibility index (Phi) is 6.59. The van der Waals surface area contributed by atoms with E-state index in [-0.39, 0.29) is 30.6 Å². The predicted molar refractivity (Wildman–Crippen MR) is 94.1 cm³/mol. The second-order valence-electron chi connectivity index (χ2n) is 5.96.